The van der Waals surface area contributed by atoms with Crippen LogP contribution in [0.5, 0.6) is 0 Å². The van der Waals surface area contributed by atoms with E-state index in [0.717, 1.165) is 23.1 Å². The van der Waals surface area contributed by atoms with Gasteiger partial charge in [-0.1, -0.05) is 11.8 Å². The Hall–Kier alpha value is -1.67. The monoisotopic (exact) mass is 307 g/mol. The summed E-state index contributed by atoms with van der Waals surface area (Å²) in [6.07, 6.45) is 3.70. The standard InChI is InChI=1S/C12H9N3O3S2/c16-9-7(10-15(9)8(5-20-10)11(17)18)3-6-4-14-1-2-19-12(14)13-6/h3-5,10H,1-2H2,(H,17,18)/b7-3-/t10-/m1/s1. The predicted octanol–water partition coefficient (Wildman–Crippen LogP) is 1.21. The molecule has 6 nitrogen and oxygen atoms in total. The van der Waals surface area contributed by atoms with Crippen molar-refractivity contribution in [2.24, 2.45) is 0 Å². The lowest BCUT2D eigenvalue weighted by Gasteiger charge is -2.36. The van der Waals surface area contributed by atoms with Gasteiger partial charge in [-0.05, 0) is 6.08 Å². The molecular formula is C12H9N3O3S2. The van der Waals surface area contributed by atoms with Crippen LogP contribution in [0.25, 0.3) is 6.08 Å². The van der Waals surface area contributed by atoms with Crippen molar-refractivity contribution in [2.75, 3.05) is 5.75 Å². The van der Waals surface area contributed by atoms with E-state index in [0.29, 0.717) is 5.57 Å². The third-order valence-electron chi connectivity index (χ3n) is 3.38. The third-order valence-corrected chi connectivity index (χ3v) is 5.43. The Morgan fingerprint density at radius 2 is 2.40 bits per heavy atom. The topological polar surface area (TPSA) is 75.4 Å². The van der Waals surface area contributed by atoms with Gasteiger partial charge in [0.1, 0.15) is 11.1 Å². The van der Waals surface area contributed by atoms with Crippen molar-refractivity contribution in [2.45, 2.75) is 17.1 Å². The summed E-state index contributed by atoms with van der Waals surface area (Å²) in [5, 5.41) is 11.3. The van der Waals surface area contributed by atoms with Crippen molar-refractivity contribution >= 4 is 41.5 Å². The Morgan fingerprint density at radius 3 is 3.15 bits per heavy atom. The van der Waals surface area contributed by atoms with E-state index >= 15 is 0 Å². The molecule has 0 bridgehead atoms. The number of rotatable bonds is 2. The first kappa shape index (κ1) is 12.1. The number of thioether (sulfide) groups is 2. The van der Waals surface area contributed by atoms with Gasteiger partial charge in [-0.25, -0.2) is 9.78 Å². The van der Waals surface area contributed by atoms with E-state index in [1.807, 2.05) is 6.20 Å². The second-order valence-electron chi connectivity index (χ2n) is 4.56. The minimum absolute atomic E-state index is 0.0602. The quantitative estimate of drug-likeness (QED) is 0.654. The summed E-state index contributed by atoms with van der Waals surface area (Å²) in [7, 11) is 0. The molecule has 0 unspecified atom stereocenters. The van der Waals surface area contributed by atoms with E-state index in [4.69, 9.17) is 5.11 Å². The Kier molecular flexibility index (Phi) is 2.52. The van der Waals surface area contributed by atoms with Crippen LogP contribution < -0.4 is 0 Å². The lowest BCUT2D eigenvalue weighted by molar-refractivity contribution is -0.141. The highest BCUT2D eigenvalue weighted by molar-refractivity contribution is 8.03. The molecule has 1 fully saturated rings. The van der Waals surface area contributed by atoms with Crippen molar-refractivity contribution < 1.29 is 14.7 Å². The van der Waals surface area contributed by atoms with Crippen LogP contribution in [0.4, 0.5) is 0 Å². The molecule has 1 N–H and O–H groups in total. The molecular weight excluding hydrogens is 298 g/mol. The van der Waals surface area contributed by atoms with Gasteiger partial charge in [-0.15, -0.1) is 11.8 Å². The molecule has 1 saturated heterocycles. The molecule has 4 rings (SSSR count). The minimum atomic E-state index is -1.07. The Labute approximate surface area is 122 Å². The van der Waals surface area contributed by atoms with E-state index < -0.39 is 5.97 Å². The number of nitrogens with zero attached hydrogens (tertiary/aromatic N) is 3. The number of hydrogen-bond donors (Lipinski definition) is 1. The van der Waals surface area contributed by atoms with Crippen molar-refractivity contribution in [1.82, 2.24) is 14.5 Å². The first-order chi connectivity index (χ1) is 9.65. The summed E-state index contributed by atoms with van der Waals surface area (Å²) >= 11 is 3.04. The van der Waals surface area contributed by atoms with Gasteiger partial charge in [0.15, 0.2) is 5.16 Å². The van der Waals surface area contributed by atoms with Gasteiger partial charge in [0.25, 0.3) is 5.91 Å². The van der Waals surface area contributed by atoms with Crippen LogP contribution in [0.1, 0.15) is 5.69 Å². The lowest BCUT2D eigenvalue weighted by atomic mass is 10.0. The molecule has 1 atom stereocenters. The zero-order valence-electron chi connectivity index (χ0n) is 10.1. The highest BCUT2D eigenvalue weighted by Gasteiger charge is 2.49. The number of carboxylic acid groups (broad SMARTS) is 1. The van der Waals surface area contributed by atoms with Gasteiger partial charge in [0.2, 0.25) is 0 Å². The summed E-state index contributed by atoms with van der Waals surface area (Å²) in [5.74, 6) is -0.268. The minimum Gasteiger partial charge on any atom is -0.477 e. The Morgan fingerprint density at radius 1 is 1.55 bits per heavy atom. The van der Waals surface area contributed by atoms with Crippen LogP contribution in [-0.4, -0.2) is 42.6 Å². The van der Waals surface area contributed by atoms with Crippen molar-refractivity contribution in [3.8, 4) is 0 Å². The van der Waals surface area contributed by atoms with Crippen LogP contribution in [0.3, 0.4) is 0 Å². The molecule has 3 aliphatic heterocycles. The Balaban J connectivity index is 1.61. The summed E-state index contributed by atoms with van der Waals surface area (Å²) in [5.41, 5.74) is 1.44. The van der Waals surface area contributed by atoms with Gasteiger partial charge in [0, 0.05) is 23.9 Å². The first-order valence-electron chi connectivity index (χ1n) is 5.99. The second-order valence-corrected chi connectivity index (χ2v) is 6.58. The van der Waals surface area contributed by atoms with E-state index in [9.17, 15) is 9.59 Å². The molecule has 8 heteroatoms. The fraction of sp³-hybridized carbons (Fsp3) is 0.250. The van der Waals surface area contributed by atoms with E-state index in [1.54, 1.807) is 17.8 Å². The average Bonchev–Trinajstić information content (AvgIpc) is 3.07. The summed E-state index contributed by atoms with van der Waals surface area (Å²) in [6, 6.07) is 0. The molecule has 20 heavy (non-hydrogen) atoms. The van der Waals surface area contributed by atoms with Crippen molar-refractivity contribution in [3.63, 3.8) is 0 Å². The average molecular weight is 307 g/mol. The van der Waals surface area contributed by atoms with Gasteiger partial charge >= 0.3 is 5.97 Å². The normalized spacial score (nSPS) is 25.5. The number of imidazole rings is 1. The van der Waals surface area contributed by atoms with E-state index in [1.165, 1.54) is 22.1 Å². The van der Waals surface area contributed by atoms with Crippen LogP contribution in [0.15, 0.2) is 28.0 Å². The summed E-state index contributed by atoms with van der Waals surface area (Å²) < 4.78 is 2.07. The fourth-order valence-corrected chi connectivity index (χ4v) is 4.49. The molecule has 0 spiro atoms. The highest BCUT2D eigenvalue weighted by atomic mass is 32.2. The van der Waals surface area contributed by atoms with Crippen molar-refractivity contribution in [3.05, 3.63) is 28.6 Å². The number of aromatic nitrogens is 2. The molecule has 3 aliphatic rings. The number of β-lactam (4-membered cyclic amide) rings is 1. The van der Waals surface area contributed by atoms with E-state index in [2.05, 4.69) is 9.55 Å². The molecule has 0 saturated carbocycles. The predicted molar refractivity (Wildman–Crippen MR) is 74.9 cm³/mol. The van der Waals surface area contributed by atoms with Gasteiger partial charge in [-0.2, -0.15) is 0 Å². The lowest BCUT2D eigenvalue weighted by Crippen LogP contribution is -2.51. The summed E-state index contributed by atoms with van der Waals surface area (Å²) in [4.78, 5) is 28.8. The summed E-state index contributed by atoms with van der Waals surface area (Å²) in [6.45, 7) is 0.944. The number of carbonyl (C=O) groups is 2. The third kappa shape index (κ3) is 1.58. The largest absolute Gasteiger partial charge is 0.477 e. The number of fused-ring (bicyclic) bond motifs is 2. The molecule has 1 amide bonds. The van der Waals surface area contributed by atoms with Gasteiger partial charge < -0.3 is 9.67 Å². The molecule has 0 radical (unpaired) electrons. The zero-order chi connectivity index (χ0) is 13.9. The molecule has 1 aromatic rings. The number of carboxylic acids is 1. The van der Waals surface area contributed by atoms with Crippen LogP contribution in [-0.2, 0) is 16.1 Å². The van der Waals surface area contributed by atoms with Crippen LogP contribution in [0, 0.1) is 0 Å². The van der Waals surface area contributed by atoms with Gasteiger partial charge in [0.05, 0.1) is 11.3 Å². The molecule has 0 aromatic carbocycles. The van der Waals surface area contributed by atoms with E-state index in [-0.39, 0.29) is 17.0 Å². The molecule has 102 valence electrons. The highest BCUT2D eigenvalue weighted by Crippen LogP contribution is 2.45. The van der Waals surface area contributed by atoms with Crippen LogP contribution >= 0.6 is 23.5 Å². The maximum Gasteiger partial charge on any atom is 0.353 e. The van der Waals surface area contributed by atoms with Gasteiger partial charge in [-0.3, -0.25) is 9.69 Å². The molecule has 1 aromatic heterocycles. The number of aliphatic carboxylic acids is 1. The van der Waals surface area contributed by atoms with Crippen LogP contribution in [0.2, 0.25) is 0 Å². The SMILES string of the molecule is O=C(O)C1=CS[C@@H]2/C(=C\c3cn4c(n3)SCC4)C(=O)N12. The number of amides is 1. The second kappa shape index (κ2) is 4.16. The molecule has 4 heterocycles. The number of carbonyl (C=O) groups excluding carboxylic acids is 1. The smallest absolute Gasteiger partial charge is 0.353 e. The van der Waals surface area contributed by atoms with Crippen molar-refractivity contribution in [1.29, 1.82) is 0 Å². The first-order valence-corrected chi connectivity index (χ1v) is 7.92. The maximum absolute atomic E-state index is 12.0. The fourth-order valence-electron chi connectivity index (χ4n) is 2.42. The maximum atomic E-state index is 12.0. The zero-order valence-corrected chi connectivity index (χ0v) is 11.8. The number of hydrogen-bond acceptors (Lipinski definition) is 5. The Bertz CT molecular complexity index is 685. The molecule has 0 aliphatic carbocycles. The number of aryl methyl sites for hydroxylation is 1.